The van der Waals surface area contributed by atoms with Gasteiger partial charge in [-0.25, -0.2) is 0 Å². The second kappa shape index (κ2) is 6.90. The number of benzene rings is 1. The maximum absolute atomic E-state index is 3.78. The van der Waals surface area contributed by atoms with Gasteiger partial charge in [0, 0.05) is 16.6 Å². The van der Waals surface area contributed by atoms with Gasteiger partial charge < -0.3 is 5.32 Å². The van der Waals surface area contributed by atoms with Crippen LogP contribution in [-0.4, -0.2) is 12.1 Å². The van der Waals surface area contributed by atoms with Crippen molar-refractivity contribution < 1.29 is 0 Å². The number of halogens is 1. The molecule has 1 aromatic rings. The van der Waals surface area contributed by atoms with E-state index in [1.54, 1.807) is 0 Å². The van der Waals surface area contributed by atoms with Crippen LogP contribution in [0.1, 0.15) is 57.9 Å². The standard InChI is InChI=1S/C17H26BrN/c1-4-12(2)8-13(3)19-17-10-15(11-17)14-6-5-7-16(18)9-14/h5-7,9,12-13,15,17,19H,4,8,10-11H2,1-3H3. The highest BCUT2D eigenvalue weighted by atomic mass is 79.9. The zero-order valence-corrected chi connectivity index (χ0v) is 13.9. The summed E-state index contributed by atoms with van der Waals surface area (Å²) in [6.07, 6.45) is 5.18. The molecule has 1 fully saturated rings. The monoisotopic (exact) mass is 323 g/mol. The lowest BCUT2D eigenvalue weighted by Crippen LogP contribution is -2.44. The minimum Gasteiger partial charge on any atom is -0.311 e. The van der Waals surface area contributed by atoms with Crippen molar-refractivity contribution in [2.24, 2.45) is 5.92 Å². The summed E-state index contributed by atoms with van der Waals surface area (Å²) < 4.78 is 1.20. The molecule has 2 atom stereocenters. The average molecular weight is 324 g/mol. The van der Waals surface area contributed by atoms with E-state index in [1.165, 1.54) is 35.7 Å². The van der Waals surface area contributed by atoms with Crippen molar-refractivity contribution in [1.82, 2.24) is 5.32 Å². The van der Waals surface area contributed by atoms with Gasteiger partial charge in [0.25, 0.3) is 0 Å². The normalized spacial score (nSPS) is 25.7. The van der Waals surface area contributed by atoms with Crippen molar-refractivity contribution in [3.8, 4) is 0 Å². The van der Waals surface area contributed by atoms with Gasteiger partial charge in [0.1, 0.15) is 0 Å². The van der Waals surface area contributed by atoms with Gasteiger partial charge in [0.15, 0.2) is 0 Å². The first kappa shape index (κ1) is 15.1. The Bertz CT molecular complexity index is 398. The van der Waals surface area contributed by atoms with E-state index in [2.05, 4.69) is 66.3 Å². The Morgan fingerprint density at radius 3 is 2.68 bits per heavy atom. The van der Waals surface area contributed by atoms with E-state index in [4.69, 9.17) is 0 Å². The highest BCUT2D eigenvalue weighted by Crippen LogP contribution is 2.38. The molecule has 0 radical (unpaired) electrons. The lowest BCUT2D eigenvalue weighted by Gasteiger charge is -2.38. The third-order valence-corrected chi connectivity index (χ3v) is 4.92. The molecule has 0 bridgehead atoms. The Morgan fingerprint density at radius 2 is 2.05 bits per heavy atom. The van der Waals surface area contributed by atoms with Crippen molar-refractivity contribution in [1.29, 1.82) is 0 Å². The lowest BCUT2D eigenvalue weighted by molar-refractivity contribution is 0.254. The summed E-state index contributed by atoms with van der Waals surface area (Å²) in [5, 5.41) is 3.78. The van der Waals surface area contributed by atoms with Crippen LogP contribution in [0.25, 0.3) is 0 Å². The topological polar surface area (TPSA) is 12.0 Å². The van der Waals surface area contributed by atoms with Crippen molar-refractivity contribution >= 4 is 15.9 Å². The zero-order chi connectivity index (χ0) is 13.8. The average Bonchev–Trinajstić information content (AvgIpc) is 2.33. The molecule has 2 heteroatoms. The molecule has 0 aliphatic heterocycles. The second-order valence-corrected chi connectivity index (χ2v) is 7.15. The van der Waals surface area contributed by atoms with E-state index in [9.17, 15) is 0 Å². The Hall–Kier alpha value is -0.340. The minimum atomic E-state index is 0.656. The smallest absolute Gasteiger partial charge is 0.0178 e. The molecular formula is C17H26BrN. The van der Waals surface area contributed by atoms with Crippen LogP contribution in [-0.2, 0) is 0 Å². The van der Waals surface area contributed by atoms with Gasteiger partial charge >= 0.3 is 0 Å². The Labute approximate surface area is 126 Å². The van der Waals surface area contributed by atoms with Crippen LogP contribution >= 0.6 is 15.9 Å². The van der Waals surface area contributed by atoms with Gasteiger partial charge in [-0.15, -0.1) is 0 Å². The van der Waals surface area contributed by atoms with E-state index in [1.807, 2.05) is 0 Å². The van der Waals surface area contributed by atoms with Gasteiger partial charge in [-0.1, -0.05) is 48.3 Å². The first-order chi connectivity index (χ1) is 9.08. The van der Waals surface area contributed by atoms with Crippen molar-refractivity contribution in [3.05, 3.63) is 34.3 Å². The summed E-state index contributed by atoms with van der Waals surface area (Å²) in [6.45, 7) is 6.96. The van der Waals surface area contributed by atoms with Gasteiger partial charge in [0.05, 0.1) is 0 Å². The molecule has 1 nitrogen and oxygen atoms in total. The fourth-order valence-electron chi connectivity index (χ4n) is 3.03. The summed E-state index contributed by atoms with van der Waals surface area (Å²) in [4.78, 5) is 0. The predicted octanol–water partition coefficient (Wildman–Crippen LogP) is 5.11. The van der Waals surface area contributed by atoms with E-state index < -0.39 is 0 Å². The number of hydrogen-bond donors (Lipinski definition) is 1. The summed E-state index contributed by atoms with van der Waals surface area (Å²) in [7, 11) is 0. The van der Waals surface area contributed by atoms with Crippen LogP contribution in [0.5, 0.6) is 0 Å². The quantitative estimate of drug-likeness (QED) is 0.767. The minimum absolute atomic E-state index is 0.656. The first-order valence-corrected chi connectivity index (χ1v) is 8.39. The SMILES string of the molecule is CCC(C)CC(C)NC1CC(c2cccc(Br)c2)C1. The molecule has 2 rings (SSSR count). The van der Waals surface area contributed by atoms with Crippen molar-refractivity contribution in [2.45, 2.75) is 64.5 Å². The van der Waals surface area contributed by atoms with Crippen molar-refractivity contribution in [2.75, 3.05) is 0 Å². The molecule has 106 valence electrons. The van der Waals surface area contributed by atoms with Crippen LogP contribution in [0.15, 0.2) is 28.7 Å². The predicted molar refractivity (Wildman–Crippen MR) is 86.6 cm³/mol. The van der Waals surface area contributed by atoms with Crippen LogP contribution in [0.3, 0.4) is 0 Å². The van der Waals surface area contributed by atoms with E-state index in [0.29, 0.717) is 6.04 Å². The summed E-state index contributed by atoms with van der Waals surface area (Å²) >= 11 is 3.56. The zero-order valence-electron chi connectivity index (χ0n) is 12.3. The molecule has 1 saturated carbocycles. The molecule has 2 unspecified atom stereocenters. The van der Waals surface area contributed by atoms with Gasteiger partial charge in [0.2, 0.25) is 0 Å². The number of hydrogen-bond acceptors (Lipinski definition) is 1. The molecule has 0 spiro atoms. The molecule has 1 aromatic carbocycles. The third kappa shape index (κ3) is 4.32. The van der Waals surface area contributed by atoms with Gasteiger partial charge in [-0.2, -0.15) is 0 Å². The fraction of sp³-hybridized carbons (Fsp3) is 0.647. The third-order valence-electron chi connectivity index (χ3n) is 4.43. The van der Waals surface area contributed by atoms with E-state index in [-0.39, 0.29) is 0 Å². The Kier molecular flexibility index (Phi) is 5.47. The molecule has 19 heavy (non-hydrogen) atoms. The largest absolute Gasteiger partial charge is 0.311 e. The summed E-state index contributed by atoms with van der Waals surface area (Å²) in [5.74, 6) is 1.59. The number of nitrogens with one attached hydrogen (secondary N) is 1. The fourth-order valence-corrected chi connectivity index (χ4v) is 3.44. The summed E-state index contributed by atoms with van der Waals surface area (Å²) in [6, 6.07) is 10.2. The molecule has 1 aliphatic carbocycles. The van der Waals surface area contributed by atoms with E-state index in [0.717, 1.165) is 17.9 Å². The van der Waals surface area contributed by atoms with Crippen LogP contribution < -0.4 is 5.32 Å². The van der Waals surface area contributed by atoms with Crippen molar-refractivity contribution in [3.63, 3.8) is 0 Å². The Morgan fingerprint density at radius 1 is 1.32 bits per heavy atom. The van der Waals surface area contributed by atoms with Crippen LogP contribution in [0.2, 0.25) is 0 Å². The molecule has 0 heterocycles. The molecule has 1 N–H and O–H groups in total. The maximum atomic E-state index is 3.78. The van der Waals surface area contributed by atoms with Gasteiger partial charge in [-0.3, -0.25) is 0 Å². The van der Waals surface area contributed by atoms with Gasteiger partial charge in [-0.05, 0) is 55.7 Å². The highest BCUT2D eigenvalue weighted by Gasteiger charge is 2.30. The molecule has 0 aromatic heterocycles. The molecule has 0 saturated heterocycles. The second-order valence-electron chi connectivity index (χ2n) is 6.24. The van der Waals surface area contributed by atoms with Crippen LogP contribution in [0.4, 0.5) is 0 Å². The molecule has 1 aliphatic rings. The molecular weight excluding hydrogens is 298 g/mol. The Balaban J connectivity index is 1.74. The highest BCUT2D eigenvalue weighted by molar-refractivity contribution is 9.10. The summed E-state index contributed by atoms with van der Waals surface area (Å²) in [5.41, 5.74) is 1.49. The first-order valence-electron chi connectivity index (χ1n) is 7.60. The molecule has 0 amide bonds. The number of rotatable bonds is 6. The lowest BCUT2D eigenvalue weighted by atomic mass is 9.75. The maximum Gasteiger partial charge on any atom is 0.0178 e. The van der Waals surface area contributed by atoms with Crippen LogP contribution in [0, 0.1) is 5.92 Å². The van der Waals surface area contributed by atoms with E-state index >= 15 is 0 Å².